The lowest BCUT2D eigenvalue weighted by Gasteiger charge is -2.08. The summed E-state index contributed by atoms with van der Waals surface area (Å²) in [6, 6.07) is 11.2. The largest absolute Gasteiger partial charge is 0.494 e. The quantitative estimate of drug-likeness (QED) is 0.146. The topological polar surface area (TPSA) is 78.6 Å². The Kier molecular flexibility index (Phi) is 10.4. The number of fused-ring (bicyclic) bond motifs is 1. The van der Waals surface area contributed by atoms with Crippen LogP contribution in [0.15, 0.2) is 70.7 Å². The van der Waals surface area contributed by atoms with Crippen molar-refractivity contribution in [2.24, 2.45) is 0 Å². The molecule has 0 aliphatic carbocycles. The molecule has 0 atom stereocenters. The highest BCUT2D eigenvalue weighted by Gasteiger charge is 2.08. The summed E-state index contributed by atoms with van der Waals surface area (Å²) in [6.07, 6.45) is 14.7. The van der Waals surface area contributed by atoms with E-state index >= 15 is 0 Å². The van der Waals surface area contributed by atoms with Crippen molar-refractivity contribution in [3.8, 4) is 16.9 Å². The number of nitrogens with zero attached hydrogens (tertiary/aromatic N) is 1. The van der Waals surface area contributed by atoms with Gasteiger partial charge >= 0.3 is 11.6 Å². The van der Waals surface area contributed by atoms with Gasteiger partial charge in [-0.1, -0.05) is 63.7 Å². The predicted molar refractivity (Wildman–Crippen MR) is 134 cm³/mol. The highest BCUT2D eigenvalue weighted by atomic mass is 16.5. The van der Waals surface area contributed by atoms with Crippen LogP contribution in [-0.4, -0.2) is 24.2 Å². The average molecular weight is 464 g/mol. The number of rotatable bonds is 15. The molecule has 0 unspecified atom stereocenters. The van der Waals surface area contributed by atoms with Gasteiger partial charge in [-0.05, 0) is 42.7 Å². The maximum Gasteiger partial charge on any atom is 0.344 e. The first-order valence-electron chi connectivity index (χ1n) is 12.1. The maximum atomic E-state index is 12.3. The molecule has 34 heavy (non-hydrogen) atoms. The first-order valence-corrected chi connectivity index (χ1v) is 12.1. The minimum atomic E-state index is -0.372. The lowest BCUT2D eigenvalue weighted by molar-refractivity contribution is -0.137. The molecule has 0 N–H and O–H groups in total. The normalized spacial score (nSPS) is 10.8. The fraction of sp³-hybridized carbons (Fsp3) is 0.393. The number of carbonyl (C=O) groups is 1. The van der Waals surface area contributed by atoms with Crippen LogP contribution in [-0.2, 0) is 9.53 Å². The van der Waals surface area contributed by atoms with E-state index in [1.54, 1.807) is 12.4 Å². The number of carbonyl (C=O) groups excluding carboxylic acids is 1. The lowest BCUT2D eigenvalue weighted by Crippen LogP contribution is -2.03. The Morgan fingerprint density at radius 2 is 1.56 bits per heavy atom. The van der Waals surface area contributed by atoms with Crippen LogP contribution in [0.4, 0.5) is 0 Å². The SMILES string of the molecule is C=CC(=O)OCCCCCCCCCCCOc1ccc(-c2cc3ccncc3oc2=O)cc1. The number of ether oxygens (including phenoxy) is 2. The van der Waals surface area contributed by atoms with E-state index in [9.17, 15) is 9.59 Å². The second-order valence-electron chi connectivity index (χ2n) is 8.29. The van der Waals surface area contributed by atoms with Gasteiger partial charge in [0.2, 0.25) is 0 Å². The van der Waals surface area contributed by atoms with Crippen LogP contribution >= 0.6 is 0 Å². The van der Waals surface area contributed by atoms with Crippen LogP contribution in [0.3, 0.4) is 0 Å². The Bertz CT molecular complexity index is 1100. The van der Waals surface area contributed by atoms with Crippen molar-refractivity contribution in [2.45, 2.75) is 57.8 Å². The van der Waals surface area contributed by atoms with Gasteiger partial charge in [0.1, 0.15) is 5.75 Å². The second kappa shape index (κ2) is 14.0. The van der Waals surface area contributed by atoms with E-state index in [-0.39, 0.29) is 11.6 Å². The minimum absolute atomic E-state index is 0.339. The van der Waals surface area contributed by atoms with Crippen molar-refractivity contribution in [3.05, 3.63) is 71.9 Å². The fourth-order valence-corrected chi connectivity index (χ4v) is 3.76. The summed E-state index contributed by atoms with van der Waals surface area (Å²) in [4.78, 5) is 27.2. The van der Waals surface area contributed by atoms with Gasteiger partial charge in [0.25, 0.3) is 0 Å². The summed E-state index contributed by atoms with van der Waals surface area (Å²) in [5.41, 5.74) is 1.45. The molecule has 0 amide bonds. The predicted octanol–water partition coefficient (Wildman–Crippen LogP) is 6.47. The van der Waals surface area contributed by atoms with Gasteiger partial charge in [0, 0.05) is 17.7 Å². The van der Waals surface area contributed by atoms with Gasteiger partial charge in [0.15, 0.2) is 5.58 Å². The Morgan fingerprint density at radius 1 is 0.912 bits per heavy atom. The van der Waals surface area contributed by atoms with Gasteiger partial charge in [0.05, 0.1) is 25.0 Å². The number of esters is 1. The molecule has 0 bridgehead atoms. The summed E-state index contributed by atoms with van der Waals surface area (Å²) in [5.74, 6) is 0.464. The van der Waals surface area contributed by atoms with Gasteiger partial charge in [-0.15, -0.1) is 0 Å². The molecule has 0 fully saturated rings. The zero-order valence-electron chi connectivity index (χ0n) is 19.7. The molecule has 1 aromatic carbocycles. The van der Waals surface area contributed by atoms with E-state index in [2.05, 4.69) is 11.6 Å². The third-order valence-electron chi connectivity index (χ3n) is 5.67. The highest BCUT2D eigenvalue weighted by Crippen LogP contribution is 2.23. The smallest absolute Gasteiger partial charge is 0.344 e. The number of hydrogen-bond acceptors (Lipinski definition) is 6. The fourth-order valence-electron chi connectivity index (χ4n) is 3.76. The summed E-state index contributed by atoms with van der Waals surface area (Å²) in [5, 5.41) is 0.844. The van der Waals surface area contributed by atoms with E-state index in [1.165, 1.54) is 38.2 Å². The van der Waals surface area contributed by atoms with Gasteiger partial charge in [-0.2, -0.15) is 0 Å². The molecule has 3 rings (SSSR count). The maximum absolute atomic E-state index is 12.3. The minimum Gasteiger partial charge on any atom is -0.494 e. The molecule has 6 heteroatoms. The zero-order chi connectivity index (χ0) is 24.0. The summed E-state index contributed by atoms with van der Waals surface area (Å²) in [7, 11) is 0. The van der Waals surface area contributed by atoms with Gasteiger partial charge in [-0.3, -0.25) is 4.98 Å². The lowest BCUT2D eigenvalue weighted by atomic mass is 10.1. The standard InChI is InChI=1S/C28H33NO5/c1-2-27(30)33-19-11-9-7-5-3-4-6-8-10-18-32-24-14-12-22(13-15-24)25-20-23-16-17-29-21-26(23)34-28(25)31/h2,12-17,20-21H,1,3-11,18-19H2. The molecular weight excluding hydrogens is 430 g/mol. The van der Waals surface area contributed by atoms with Crippen molar-refractivity contribution in [1.82, 2.24) is 4.98 Å². The first kappa shape index (κ1) is 25.2. The first-order chi connectivity index (χ1) is 16.7. The molecule has 0 spiro atoms. The van der Waals surface area contributed by atoms with Crippen molar-refractivity contribution in [1.29, 1.82) is 0 Å². The molecular formula is C28H33NO5. The van der Waals surface area contributed by atoms with Crippen molar-refractivity contribution >= 4 is 16.9 Å². The van der Waals surface area contributed by atoms with Crippen LogP contribution in [0.5, 0.6) is 5.75 Å². The van der Waals surface area contributed by atoms with Crippen LogP contribution in [0, 0.1) is 0 Å². The highest BCUT2D eigenvalue weighted by molar-refractivity contribution is 5.81. The van der Waals surface area contributed by atoms with E-state index in [1.807, 2.05) is 36.4 Å². The summed E-state index contributed by atoms with van der Waals surface area (Å²) >= 11 is 0. The Labute approximate surface area is 200 Å². The monoisotopic (exact) mass is 463 g/mol. The van der Waals surface area contributed by atoms with Gasteiger partial charge < -0.3 is 13.9 Å². The Morgan fingerprint density at radius 3 is 2.24 bits per heavy atom. The molecule has 0 aliphatic rings. The third kappa shape index (κ3) is 8.18. The molecule has 0 aliphatic heterocycles. The number of pyridine rings is 1. The van der Waals surface area contributed by atoms with Crippen LogP contribution < -0.4 is 10.4 Å². The van der Waals surface area contributed by atoms with Crippen molar-refractivity contribution in [3.63, 3.8) is 0 Å². The molecule has 0 radical (unpaired) electrons. The van der Waals surface area contributed by atoms with E-state index < -0.39 is 0 Å². The number of hydrogen-bond donors (Lipinski definition) is 0. The van der Waals surface area contributed by atoms with Crippen molar-refractivity contribution in [2.75, 3.05) is 13.2 Å². The van der Waals surface area contributed by atoms with E-state index in [4.69, 9.17) is 13.9 Å². The summed E-state index contributed by atoms with van der Waals surface area (Å²) < 4.78 is 16.2. The molecule has 0 saturated carbocycles. The summed E-state index contributed by atoms with van der Waals surface area (Å²) in [6.45, 7) is 4.56. The van der Waals surface area contributed by atoms with Crippen molar-refractivity contribution < 1.29 is 18.7 Å². The number of benzene rings is 1. The van der Waals surface area contributed by atoms with Crippen LogP contribution in [0.2, 0.25) is 0 Å². The third-order valence-corrected chi connectivity index (χ3v) is 5.67. The Balaban J connectivity index is 1.26. The second-order valence-corrected chi connectivity index (χ2v) is 8.29. The molecule has 6 nitrogen and oxygen atoms in total. The van der Waals surface area contributed by atoms with Gasteiger partial charge in [-0.25, -0.2) is 9.59 Å². The van der Waals surface area contributed by atoms with E-state index in [0.29, 0.717) is 24.4 Å². The number of unbranched alkanes of at least 4 members (excludes halogenated alkanes) is 8. The number of aromatic nitrogens is 1. The van der Waals surface area contributed by atoms with Crippen LogP contribution in [0.25, 0.3) is 22.1 Å². The zero-order valence-corrected chi connectivity index (χ0v) is 19.7. The molecule has 3 aromatic rings. The van der Waals surface area contributed by atoms with Crippen LogP contribution in [0.1, 0.15) is 57.8 Å². The molecule has 2 aromatic heterocycles. The Hall–Kier alpha value is -3.41. The molecule has 0 saturated heterocycles. The molecule has 180 valence electrons. The molecule has 2 heterocycles. The average Bonchev–Trinajstić information content (AvgIpc) is 2.86. The van der Waals surface area contributed by atoms with E-state index in [0.717, 1.165) is 42.4 Å².